The largest absolute Gasteiger partial charge is 0.481 e. The Hall–Kier alpha value is -1.43. The highest BCUT2D eigenvalue weighted by Crippen LogP contribution is 2.35. The number of hydrogen-bond donors (Lipinski definition) is 1. The van der Waals surface area contributed by atoms with Crippen molar-refractivity contribution < 1.29 is 9.90 Å². The minimum atomic E-state index is -0.680. The lowest BCUT2D eigenvalue weighted by Crippen LogP contribution is -2.30. The minimum absolute atomic E-state index is 0.283. The fourth-order valence-electron chi connectivity index (χ4n) is 3.77. The highest BCUT2D eigenvalue weighted by molar-refractivity contribution is 7.14. The van der Waals surface area contributed by atoms with Gasteiger partial charge in [-0.3, -0.25) is 4.79 Å². The molecule has 1 fully saturated rings. The van der Waals surface area contributed by atoms with E-state index < -0.39 is 5.97 Å². The van der Waals surface area contributed by atoms with Crippen LogP contribution in [0.2, 0.25) is 0 Å². The first-order chi connectivity index (χ1) is 12.6. The number of carboxylic acid groups (broad SMARTS) is 1. The van der Waals surface area contributed by atoms with Crippen LogP contribution in [0.15, 0.2) is 29.0 Å². The zero-order valence-corrected chi connectivity index (χ0v) is 17.2. The maximum atomic E-state index is 10.9. The van der Waals surface area contributed by atoms with E-state index in [-0.39, 0.29) is 6.42 Å². The second-order valence-corrected chi connectivity index (χ2v) is 8.87. The van der Waals surface area contributed by atoms with Crippen LogP contribution in [0.3, 0.4) is 0 Å². The summed E-state index contributed by atoms with van der Waals surface area (Å²) >= 11 is 3.64. The third kappa shape index (κ3) is 4.64. The number of hydrogen-bond acceptors (Lipinski definition) is 4. The predicted molar refractivity (Wildman–Crippen MR) is 111 cm³/mol. The number of carbonyl (C=O) groups is 1. The second kappa shape index (κ2) is 8.98. The SMILES string of the molecule is Cc1ccsc1C(=CCCN1CCC[C@H]1CCC(=O)O)c1sccc1C. The molecule has 3 rings (SSSR count). The summed E-state index contributed by atoms with van der Waals surface area (Å²) < 4.78 is 0. The normalized spacial score (nSPS) is 17.5. The first kappa shape index (κ1) is 19.3. The van der Waals surface area contributed by atoms with E-state index in [1.807, 2.05) is 22.7 Å². The highest BCUT2D eigenvalue weighted by atomic mass is 32.1. The quantitative estimate of drug-likeness (QED) is 0.641. The van der Waals surface area contributed by atoms with Gasteiger partial charge in [0.1, 0.15) is 0 Å². The molecule has 2 aromatic heterocycles. The number of thiophene rings is 2. The van der Waals surface area contributed by atoms with Crippen molar-refractivity contribution in [3.63, 3.8) is 0 Å². The molecule has 1 aliphatic rings. The van der Waals surface area contributed by atoms with Crippen molar-refractivity contribution in [1.82, 2.24) is 4.90 Å². The first-order valence-electron chi connectivity index (χ1n) is 9.31. The van der Waals surface area contributed by atoms with Gasteiger partial charge in [0.25, 0.3) is 0 Å². The van der Waals surface area contributed by atoms with E-state index in [2.05, 4.69) is 47.7 Å². The van der Waals surface area contributed by atoms with Crippen LogP contribution < -0.4 is 0 Å². The summed E-state index contributed by atoms with van der Waals surface area (Å²) in [5.41, 5.74) is 4.05. The summed E-state index contributed by atoms with van der Waals surface area (Å²) in [5, 5.41) is 13.3. The molecule has 1 aliphatic heterocycles. The van der Waals surface area contributed by atoms with Crippen molar-refractivity contribution in [3.05, 3.63) is 49.9 Å². The lowest BCUT2D eigenvalue weighted by Gasteiger charge is -2.23. The van der Waals surface area contributed by atoms with Gasteiger partial charge in [-0.2, -0.15) is 0 Å². The van der Waals surface area contributed by atoms with Gasteiger partial charge in [-0.15, -0.1) is 22.7 Å². The van der Waals surface area contributed by atoms with E-state index in [0.717, 1.165) is 32.4 Å². The maximum absolute atomic E-state index is 10.9. The number of nitrogens with zero attached hydrogens (tertiary/aromatic N) is 1. The third-order valence-corrected chi connectivity index (χ3v) is 7.27. The van der Waals surface area contributed by atoms with E-state index in [1.165, 1.54) is 32.9 Å². The summed E-state index contributed by atoms with van der Waals surface area (Å²) in [6.07, 6.45) is 6.79. The van der Waals surface area contributed by atoms with E-state index in [4.69, 9.17) is 5.11 Å². The summed E-state index contributed by atoms with van der Waals surface area (Å²) in [5.74, 6) is -0.680. The Morgan fingerprint density at radius 2 is 1.88 bits per heavy atom. The smallest absolute Gasteiger partial charge is 0.303 e. The van der Waals surface area contributed by atoms with E-state index in [0.29, 0.717) is 6.04 Å². The fraction of sp³-hybridized carbons (Fsp3) is 0.476. The lowest BCUT2D eigenvalue weighted by molar-refractivity contribution is -0.137. The number of aliphatic carboxylic acids is 1. The molecule has 0 spiro atoms. The molecule has 5 heteroatoms. The van der Waals surface area contributed by atoms with Crippen LogP contribution in [0.5, 0.6) is 0 Å². The van der Waals surface area contributed by atoms with Crippen molar-refractivity contribution in [3.8, 4) is 0 Å². The monoisotopic (exact) mass is 389 g/mol. The van der Waals surface area contributed by atoms with Crippen molar-refractivity contribution in [2.45, 2.75) is 52.0 Å². The Bertz CT molecular complexity index is 732. The van der Waals surface area contributed by atoms with Crippen LogP contribution >= 0.6 is 22.7 Å². The highest BCUT2D eigenvalue weighted by Gasteiger charge is 2.24. The molecule has 26 heavy (non-hydrogen) atoms. The minimum Gasteiger partial charge on any atom is -0.481 e. The molecule has 1 saturated heterocycles. The Kier molecular flexibility index (Phi) is 6.68. The van der Waals surface area contributed by atoms with E-state index in [1.54, 1.807) is 0 Å². The summed E-state index contributed by atoms with van der Waals surface area (Å²) in [7, 11) is 0. The molecule has 0 unspecified atom stereocenters. The van der Waals surface area contributed by atoms with Gasteiger partial charge in [0.15, 0.2) is 0 Å². The van der Waals surface area contributed by atoms with Gasteiger partial charge in [-0.25, -0.2) is 0 Å². The molecule has 0 bridgehead atoms. The van der Waals surface area contributed by atoms with Crippen LogP contribution in [0.25, 0.3) is 5.57 Å². The molecule has 0 aliphatic carbocycles. The van der Waals surface area contributed by atoms with Crippen molar-refractivity contribution in [1.29, 1.82) is 0 Å². The topological polar surface area (TPSA) is 40.5 Å². The summed E-state index contributed by atoms with van der Waals surface area (Å²) in [4.78, 5) is 16.1. The van der Waals surface area contributed by atoms with Gasteiger partial charge < -0.3 is 10.0 Å². The molecular formula is C21H27NO2S2. The molecule has 2 aromatic rings. The molecule has 3 heterocycles. The standard InChI is InChI=1S/C21H27NO2S2/c1-15-9-13-25-20(15)18(21-16(2)10-14-26-21)6-4-12-22-11-3-5-17(22)7-8-19(23)24/h6,9-10,13-14,17H,3-5,7-8,11-12H2,1-2H3,(H,23,24)/t17-/m0/s1. The number of likely N-dealkylation sites (tertiary alicyclic amines) is 1. The van der Waals surface area contributed by atoms with Crippen LogP contribution in [0, 0.1) is 13.8 Å². The van der Waals surface area contributed by atoms with Crippen molar-refractivity contribution in [2.75, 3.05) is 13.1 Å². The van der Waals surface area contributed by atoms with Crippen LogP contribution in [0.1, 0.15) is 53.0 Å². The van der Waals surface area contributed by atoms with E-state index >= 15 is 0 Å². The van der Waals surface area contributed by atoms with Gasteiger partial charge in [-0.1, -0.05) is 6.08 Å². The average molecular weight is 390 g/mol. The number of aryl methyl sites for hydroxylation is 2. The zero-order chi connectivity index (χ0) is 18.5. The molecule has 140 valence electrons. The van der Waals surface area contributed by atoms with Gasteiger partial charge in [-0.05, 0) is 80.1 Å². The molecular weight excluding hydrogens is 362 g/mol. The van der Waals surface area contributed by atoms with Crippen LogP contribution in [-0.4, -0.2) is 35.1 Å². The number of rotatable bonds is 8. The fourth-order valence-corrected chi connectivity index (χ4v) is 5.78. The maximum Gasteiger partial charge on any atom is 0.303 e. The third-order valence-electron chi connectivity index (χ3n) is 5.17. The number of carboxylic acids is 1. The molecule has 1 atom stereocenters. The summed E-state index contributed by atoms with van der Waals surface area (Å²) in [6, 6.07) is 4.83. The van der Waals surface area contributed by atoms with Gasteiger partial charge in [0.05, 0.1) is 0 Å². The predicted octanol–water partition coefficient (Wildman–Crippen LogP) is 5.58. The molecule has 0 saturated carbocycles. The van der Waals surface area contributed by atoms with Crippen LogP contribution in [0.4, 0.5) is 0 Å². The molecule has 0 radical (unpaired) electrons. The zero-order valence-electron chi connectivity index (χ0n) is 15.5. The Morgan fingerprint density at radius 3 is 2.42 bits per heavy atom. The lowest BCUT2D eigenvalue weighted by atomic mass is 10.0. The Balaban J connectivity index is 1.70. The van der Waals surface area contributed by atoms with Crippen molar-refractivity contribution in [2.24, 2.45) is 0 Å². The molecule has 1 N–H and O–H groups in total. The van der Waals surface area contributed by atoms with Gasteiger partial charge in [0, 0.05) is 34.3 Å². The van der Waals surface area contributed by atoms with Gasteiger partial charge >= 0.3 is 5.97 Å². The van der Waals surface area contributed by atoms with Crippen molar-refractivity contribution >= 4 is 34.2 Å². The second-order valence-electron chi connectivity index (χ2n) is 7.04. The molecule has 3 nitrogen and oxygen atoms in total. The first-order valence-corrected chi connectivity index (χ1v) is 11.1. The van der Waals surface area contributed by atoms with Gasteiger partial charge in [0.2, 0.25) is 0 Å². The molecule has 0 amide bonds. The Labute approximate surface area is 164 Å². The summed E-state index contributed by atoms with van der Waals surface area (Å²) in [6.45, 7) is 6.49. The van der Waals surface area contributed by atoms with Crippen LogP contribution in [-0.2, 0) is 4.79 Å². The average Bonchev–Trinajstić information content (AvgIpc) is 3.32. The van der Waals surface area contributed by atoms with E-state index in [9.17, 15) is 4.79 Å². The molecule has 0 aromatic carbocycles. The Morgan fingerprint density at radius 1 is 1.23 bits per heavy atom.